The fourth-order valence-corrected chi connectivity index (χ4v) is 8.23. The van der Waals surface area contributed by atoms with E-state index in [1.54, 1.807) is 18.2 Å². The van der Waals surface area contributed by atoms with Crippen LogP contribution in [0.4, 0.5) is 19.4 Å². The number of aryl methyl sites for hydroxylation is 1. The molecule has 1 N–H and O–H groups in total. The Balaban J connectivity index is 1.33. The molecule has 1 aliphatic carbocycles. The maximum Gasteiger partial charge on any atom is 0.410 e. The summed E-state index contributed by atoms with van der Waals surface area (Å²) in [7, 11) is 1.50. The van der Waals surface area contributed by atoms with Gasteiger partial charge in [-0.05, 0) is 94.3 Å². The van der Waals surface area contributed by atoms with Crippen molar-refractivity contribution in [1.82, 2.24) is 19.9 Å². The number of pyridine rings is 1. The number of hydrogen-bond acceptors (Lipinski definition) is 11. The van der Waals surface area contributed by atoms with E-state index in [4.69, 9.17) is 33.7 Å². The molecule has 53 heavy (non-hydrogen) atoms. The summed E-state index contributed by atoms with van der Waals surface area (Å²) in [5.74, 6) is -0.299. The molecule has 2 aromatic carbocycles. The second-order valence-electron chi connectivity index (χ2n) is 15.7. The number of hydrogen-bond donors (Lipinski definition) is 1. The van der Waals surface area contributed by atoms with E-state index >= 15 is 8.78 Å². The van der Waals surface area contributed by atoms with Gasteiger partial charge in [0.2, 0.25) is 5.88 Å². The van der Waals surface area contributed by atoms with E-state index in [1.807, 2.05) is 39.5 Å². The molecule has 4 atom stereocenters. The van der Waals surface area contributed by atoms with Gasteiger partial charge in [-0.25, -0.2) is 18.6 Å². The molecule has 4 aliphatic rings. The maximum absolute atomic E-state index is 17.4. The summed E-state index contributed by atoms with van der Waals surface area (Å²) in [5.41, 5.74) is -0.538. The van der Waals surface area contributed by atoms with Crippen LogP contribution in [0.2, 0.25) is 0 Å². The van der Waals surface area contributed by atoms with Crippen LogP contribution >= 0.6 is 0 Å². The predicted molar refractivity (Wildman–Crippen MR) is 192 cm³/mol. The number of aromatic nitrogens is 3. The first kappa shape index (κ1) is 35.5. The van der Waals surface area contributed by atoms with Crippen LogP contribution in [0.1, 0.15) is 65.9 Å². The average Bonchev–Trinajstić information content (AvgIpc) is 3.86. The first-order chi connectivity index (χ1) is 25.3. The Kier molecular flexibility index (Phi) is 8.75. The van der Waals surface area contributed by atoms with Crippen LogP contribution in [0.25, 0.3) is 32.9 Å². The molecule has 2 saturated heterocycles. The van der Waals surface area contributed by atoms with Gasteiger partial charge in [-0.3, -0.25) is 4.90 Å². The van der Waals surface area contributed by atoms with Crippen molar-refractivity contribution in [3.63, 3.8) is 0 Å². The Morgan fingerprint density at radius 3 is 2.58 bits per heavy atom. The van der Waals surface area contributed by atoms with Gasteiger partial charge in [0, 0.05) is 24.6 Å². The Hall–Kier alpha value is -4.56. The molecule has 0 radical (unpaired) electrons. The second-order valence-corrected chi connectivity index (χ2v) is 15.7. The number of carbonyl (C=O) groups excluding carboxylic acids is 1. The van der Waals surface area contributed by atoms with E-state index in [2.05, 4.69) is 9.88 Å². The third kappa shape index (κ3) is 6.13. The van der Waals surface area contributed by atoms with Crippen LogP contribution in [0.5, 0.6) is 17.6 Å². The van der Waals surface area contributed by atoms with Crippen LogP contribution in [-0.4, -0.2) is 94.5 Å². The highest BCUT2D eigenvalue weighted by atomic mass is 19.1. The quantitative estimate of drug-likeness (QED) is 0.188. The number of fused-ring (bicyclic) bond motifs is 6. The molecule has 3 fully saturated rings. The van der Waals surface area contributed by atoms with Crippen molar-refractivity contribution >= 4 is 33.6 Å². The Morgan fingerprint density at radius 1 is 1.09 bits per heavy atom. The minimum absolute atomic E-state index is 0.0473. The molecule has 5 heterocycles. The van der Waals surface area contributed by atoms with Crippen molar-refractivity contribution in [2.75, 3.05) is 38.6 Å². The molecule has 14 heteroatoms. The zero-order chi connectivity index (χ0) is 37.4. The van der Waals surface area contributed by atoms with Crippen LogP contribution in [0, 0.1) is 17.0 Å². The third-order valence-corrected chi connectivity index (χ3v) is 11.0. The number of carbonyl (C=O) groups is 1. The monoisotopic (exact) mass is 733 g/mol. The number of anilines is 1. The number of piperazine rings is 1. The van der Waals surface area contributed by atoms with Gasteiger partial charge in [0.05, 0.1) is 31.3 Å². The normalized spacial score (nSPS) is 22.7. The van der Waals surface area contributed by atoms with E-state index in [0.717, 1.165) is 19.3 Å². The molecule has 12 nitrogen and oxygen atoms in total. The van der Waals surface area contributed by atoms with Crippen molar-refractivity contribution in [3.8, 4) is 28.9 Å². The minimum atomic E-state index is -0.762. The summed E-state index contributed by atoms with van der Waals surface area (Å²) in [6.07, 6.45) is 2.47. The molecule has 2 aromatic heterocycles. The molecule has 2 bridgehead atoms. The van der Waals surface area contributed by atoms with Crippen LogP contribution in [0.15, 0.2) is 24.3 Å². The molecule has 8 rings (SSSR count). The summed E-state index contributed by atoms with van der Waals surface area (Å²) in [4.78, 5) is 31.9. The van der Waals surface area contributed by atoms with Crippen molar-refractivity contribution in [3.05, 3.63) is 41.5 Å². The first-order valence-electron chi connectivity index (χ1n) is 18.3. The third-order valence-electron chi connectivity index (χ3n) is 11.0. The van der Waals surface area contributed by atoms with Crippen LogP contribution < -0.4 is 19.1 Å². The van der Waals surface area contributed by atoms with Crippen molar-refractivity contribution in [1.29, 1.82) is 0 Å². The lowest BCUT2D eigenvalue weighted by Crippen LogP contribution is -2.65. The lowest BCUT2D eigenvalue weighted by atomic mass is 9.94. The molecule has 3 aliphatic heterocycles. The van der Waals surface area contributed by atoms with E-state index in [1.165, 1.54) is 13.2 Å². The van der Waals surface area contributed by atoms with Crippen LogP contribution in [0.3, 0.4) is 0 Å². The summed E-state index contributed by atoms with van der Waals surface area (Å²) in [6, 6.07) is 5.49. The fraction of sp³-hybridized carbons (Fsp3) is 0.538. The zero-order valence-corrected chi connectivity index (χ0v) is 30.9. The number of amides is 1. The Morgan fingerprint density at radius 2 is 1.89 bits per heavy atom. The molecule has 0 spiro atoms. The van der Waals surface area contributed by atoms with Crippen molar-refractivity contribution in [2.24, 2.45) is 5.41 Å². The first-order valence-corrected chi connectivity index (χ1v) is 18.3. The smallest absolute Gasteiger partial charge is 0.410 e. The standard InChI is InChI=1S/C39H45F2N5O7/c1-7-24-26(40)10-8-21-14-23(51-19-49-6)15-25(28(21)24)31-30(41)32-29-34(44-36(43-32)50-18-39(17-47)12-13-39)45-16-22-9-11-27(33(45)20(2)52-35(29)42-31)46(22)37(48)53-38(3,4)5/h8,10,14-15,20,22,27,33,47H,7,9,11-13,16-19H2,1-6H3/t20-,22+,27-,33+/m0/s1. The molecular formula is C39H45F2N5O7. The Bertz CT molecular complexity index is 2110. The number of ether oxygens (including phenoxy) is 5. The highest BCUT2D eigenvalue weighted by Crippen LogP contribution is 2.49. The lowest BCUT2D eigenvalue weighted by molar-refractivity contribution is 0.000929. The van der Waals surface area contributed by atoms with Gasteiger partial charge in [-0.1, -0.05) is 13.0 Å². The van der Waals surface area contributed by atoms with Crippen molar-refractivity contribution < 1.29 is 42.4 Å². The number of nitrogens with zero attached hydrogens (tertiary/aromatic N) is 5. The summed E-state index contributed by atoms with van der Waals surface area (Å²) in [5, 5.41) is 11.4. The number of methoxy groups -OCH3 is 1. The van der Waals surface area contributed by atoms with Gasteiger partial charge < -0.3 is 33.7 Å². The zero-order valence-electron chi connectivity index (χ0n) is 30.9. The summed E-state index contributed by atoms with van der Waals surface area (Å²) >= 11 is 0. The highest BCUT2D eigenvalue weighted by Gasteiger charge is 2.54. The van der Waals surface area contributed by atoms with Crippen LogP contribution in [-0.2, 0) is 15.9 Å². The van der Waals surface area contributed by atoms with Crippen molar-refractivity contribution in [2.45, 2.75) is 96.6 Å². The molecule has 4 aromatic rings. The lowest BCUT2D eigenvalue weighted by Gasteiger charge is -2.48. The number of benzene rings is 2. The van der Waals surface area contributed by atoms with E-state index < -0.39 is 29.4 Å². The number of halogens is 2. The van der Waals surface area contributed by atoms with Gasteiger partial charge in [0.1, 0.15) is 45.7 Å². The van der Waals surface area contributed by atoms with Gasteiger partial charge in [-0.15, -0.1) is 0 Å². The number of aliphatic hydroxyl groups is 1. The predicted octanol–water partition coefficient (Wildman–Crippen LogP) is 6.56. The van der Waals surface area contributed by atoms with E-state index in [-0.39, 0.29) is 72.1 Å². The van der Waals surface area contributed by atoms with E-state index in [9.17, 15) is 9.90 Å². The molecule has 0 unspecified atom stereocenters. The molecule has 282 valence electrons. The topological polar surface area (TPSA) is 129 Å². The minimum Gasteiger partial charge on any atom is -0.472 e. The number of rotatable bonds is 9. The number of aliphatic hydroxyl groups excluding tert-OH is 1. The van der Waals surface area contributed by atoms with E-state index in [0.29, 0.717) is 52.9 Å². The molecular weight excluding hydrogens is 688 g/mol. The maximum atomic E-state index is 17.4. The fourth-order valence-electron chi connectivity index (χ4n) is 8.23. The summed E-state index contributed by atoms with van der Waals surface area (Å²) in [6.45, 7) is 9.74. The van der Waals surface area contributed by atoms with Gasteiger partial charge in [0.15, 0.2) is 12.6 Å². The highest BCUT2D eigenvalue weighted by molar-refractivity contribution is 6.03. The summed E-state index contributed by atoms with van der Waals surface area (Å²) < 4.78 is 62.5. The average molecular weight is 734 g/mol. The molecule has 1 saturated carbocycles. The second kappa shape index (κ2) is 13.1. The van der Waals surface area contributed by atoms with Gasteiger partial charge in [-0.2, -0.15) is 9.97 Å². The largest absolute Gasteiger partial charge is 0.472 e. The SMILES string of the molecule is CCc1c(F)ccc2cc(OCOC)cc(-c3nc4c5c(nc(OCC6(CO)CC6)nc5c3F)N3C[C@H]5CC[C@@H]([C@H]3[C@H](C)O4)N5C(=O)OC(C)(C)C)c12. The Labute approximate surface area is 306 Å². The van der Waals surface area contributed by atoms with Gasteiger partial charge in [0.25, 0.3) is 0 Å². The molecule has 1 amide bonds. The van der Waals surface area contributed by atoms with Gasteiger partial charge >= 0.3 is 12.1 Å².